The number of hydrogen-bond acceptors (Lipinski definition) is 3. The standard InChI is InChI=1S/C14H19N3O2/c1-9(4-5-18)8-16-14(19)13-7-10-6-11(15)2-3-12(10)17-13/h2-3,6-7,9,17-18H,4-5,8,15H2,1H3,(H,16,19). The van der Waals surface area contributed by atoms with Gasteiger partial charge in [-0.15, -0.1) is 0 Å². The van der Waals surface area contributed by atoms with E-state index in [1.54, 1.807) is 12.1 Å². The summed E-state index contributed by atoms with van der Waals surface area (Å²) in [5.41, 5.74) is 7.80. The Bertz CT molecular complexity index is 577. The highest BCUT2D eigenvalue weighted by molar-refractivity contribution is 5.98. The maximum atomic E-state index is 12.0. The van der Waals surface area contributed by atoms with E-state index in [4.69, 9.17) is 10.8 Å². The lowest BCUT2D eigenvalue weighted by Gasteiger charge is -2.10. The topological polar surface area (TPSA) is 91.1 Å². The number of carbonyl (C=O) groups excluding carboxylic acids is 1. The van der Waals surface area contributed by atoms with Gasteiger partial charge in [0.1, 0.15) is 5.69 Å². The van der Waals surface area contributed by atoms with E-state index in [0.29, 0.717) is 24.3 Å². The summed E-state index contributed by atoms with van der Waals surface area (Å²) < 4.78 is 0. The van der Waals surface area contributed by atoms with Gasteiger partial charge in [0.15, 0.2) is 0 Å². The molecule has 19 heavy (non-hydrogen) atoms. The van der Waals surface area contributed by atoms with Gasteiger partial charge < -0.3 is 21.1 Å². The molecule has 2 rings (SSSR count). The normalized spacial score (nSPS) is 12.5. The van der Waals surface area contributed by atoms with Crippen LogP contribution in [-0.4, -0.2) is 29.1 Å². The molecule has 1 amide bonds. The van der Waals surface area contributed by atoms with Crippen LogP contribution in [0.1, 0.15) is 23.8 Å². The van der Waals surface area contributed by atoms with Gasteiger partial charge in [-0.2, -0.15) is 0 Å². The first-order valence-corrected chi connectivity index (χ1v) is 6.37. The fraction of sp³-hybridized carbons (Fsp3) is 0.357. The molecule has 0 aliphatic rings. The van der Waals surface area contributed by atoms with Crippen LogP contribution in [0.2, 0.25) is 0 Å². The third-order valence-electron chi connectivity index (χ3n) is 3.12. The molecule has 0 fully saturated rings. The highest BCUT2D eigenvalue weighted by atomic mass is 16.3. The van der Waals surface area contributed by atoms with Crippen LogP contribution in [0.3, 0.4) is 0 Å². The van der Waals surface area contributed by atoms with Gasteiger partial charge in [0.05, 0.1) is 0 Å². The highest BCUT2D eigenvalue weighted by Crippen LogP contribution is 2.18. The first-order valence-electron chi connectivity index (χ1n) is 6.37. The van der Waals surface area contributed by atoms with Crippen molar-refractivity contribution in [3.05, 3.63) is 30.0 Å². The van der Waals surface area contributed by atoms with Crippen molar-refractivity contribution in [2.75, 3.05) is 18.9 Å². The molecule has 0 spiro atoms. The van der Waals surface area contributed by atoms with Crippen LogP contribution in [-0.2, 0) is 0 Å². The zero-order chi connectivity index (χ0) is 13.8. The van der Waals surface area contributed by atoms with Gasteiger partial charge in [0.2, 0.25) is 0 Å². The van der Waals surface area contributed by atoms with Gasteiger partial charge in [-0.05, 0) is 36.6 Å². The van der Waals surface area contributed by atoms with Crippen LogP contribution < -0.4 is 11.1 Å². The fourth-order valence-electron chi connectivity index (χ4n) is 1.96. The summed E-state index contributed by atoms with van der Waals surface area (Å²) in [7, 11) is 0. The summed E-state index contributed by atoms with van der Waals surface area (Å²) in [5, 5.41) is 12.6. The number of fused-ring (bicyclic) bond motifs is 1. The first kappa shape index (κ1) is 13.4. The molecule has 2 aromatic rings. The van der Waals surface area contributed by atoms with E-state index in [1.807, 2.05) is 19.1 Å². The van der Waals surface area contributed by atoms with Gasteiger partial charge in [-0.3, -0.25) is 4.79 Å². The Morgan fingerprint density at radius 3 is 3.00 bits per heavy atom. The molecule has 102 valence electrons. The molecule has 5 heteroatoms. The van der Waals surface area contributed by atoms with Crippen molar-refractivity contribution >= 4 is 22.5 Å². The van der Waals surface area contributed by atoms with E-state index in [-0.39, 0.29) is 18.4 Å². The Hall–Kier alpha value is -2.01. The summed E-state index contributed by atoms with van der Waals surface area (Å²) in [6.45, 7) is 2.68. The van der Waals surface area contributed by atoms with E-state index >= 15 is 0 Å². The van der Waals surface area contributed by atoms with E-state index < -0.39 is 0 Å². The summed E-state index contributed by atoms with van der Waals surface area (Å²) in [6, 6.07) is 7.27. The van der Waals surface area contributed by atoms with Crippen molar-refractivity contribution in [3.63, 3.8) is 0 Å². The lowest BCUT2D eigenvalue weighted by molar-refractivity contribution is 0.0941. The number of H-pyrrole nitrogens is 1. The largest absolute Gasteiger partial charge is 0.399 e. The molecule has 0 bridgehead atoms. The van der Waals surface area contributed by atoms with Crippen molar-refractivity contribution in [2.45, 2.75) is 13.3 Å². The van der Waals surface area contributed by atoms with Gasteiger partial charge in [-0.25, -0.2) is 0 Å². The van der Waals surface area contributed by atoms with Crippen LogP contribution in [0.25, 0.3) is 10.9 Å². The number of aliphatic hydroxyl groups excluding tert-OH is 1. The van der Waals surface area contributed by atoms with Crippen molar-refractivity contribution < 1.29 is 9.90 Å². The predicted octanol–water partition coefficient (Wildman–Crippen LogP) is 1.50. The number of nitrogens with one attached hydrogen (secondary N) is 2. The number of anilines is 1. The molecule has 0 aliphatic carbocycles. The molecule has 5 N–H and O–H groups in total. The summed E-state index contributed by atoms with van der Waals surface area (Å²) in [4.78, 5) is 15.0. The molecule has 5 nitrogen and oxygen atoms in total. The molecule has 1 aromatic heterocycles. The summed E-state index contributed by atoms with van der Waals surface area (Å²) in [6.07, 6.45) is 0.684. The number of benzene rings is 1. The minimum atomic E-state index is -0.139. The average molecular weight is 261 g/mol. The number of aromatic nitrogens is 1. The molecular formula is C14H19N3O2. The highest BCUT2D eigenvalue weighted by Gasteiger charge is 2.10. The Morgan fingerprint density at radius 2 is 2.26 bits per heavy atom. The molecular weight excluding hydrogens is 242 g/mol. The second-order valence-electron chi connectivity index (χ2n) is 4.86. The zero-order valence-electron chi connectivity index (χ0n) is 10.9. The maximum Gasteiger partial charge on any atom is 0.267 e. The molecule has 0 aliphatic heterocycles. The third kappa shape index (κ3) is 3.26. The molecule has 0 saturated carbocycles. The van der Waals surface area contributed by atoms with E-state index in [0.717, 1.165) is 10.9 Å². The van der Waals surface area contributed by atoms with Crippen LogP contribution in [0.4, 0.5) is 5.69 Å². The molecule has 0 saturated heterocycles. The molecule has 1 unspecified atom stereocenters. The third-order valence-corrected chi connectivity index (χ3v) is 3.12. The number of carbonyl (C=O) groups is 1. The number of nitrogen functional groups attached to an aromatic ring is 1. The molecule has 0 radical (unpaired) electrons. The fourth-order valence-corrected chi connectivity index (χ4v) is 1.96. The Balaban J connectivity index is 2.05. The Kier molecular flexibility index (Phi) is 4.06. The van der Waals surface area contributed by atoms with Crippen molar-refractivity contribution in [1.82, 2.24) is 10.3 Å². The number of aliphatic hydroxyl groups is 1. The van der Waals surface area contributed by atoms with Gasteiger partial charge in [-0.1, -0.05) is 6.92 Å². The summed E-state index contributed by atoms with van der Waals surface area (Å²) in [5.74, 6) is 0.119. The second-order valence-corrected chi connectivity index (χ2v) is 4.86. The van der Waals surface area contributed by atoms with Crippen molar-refractivity contribution in [2.24, 2.45) is 5.92 Å². The molecule has 1 aromatic carbocycles. The predicted molar refractivity (Wildman–Crippen MR) is 75.9 cm³/mol. The Morgan fingerprint density at radius 1 is 1.47 bits per heavy atom. The van der Waals surface area contributed by atoms with Crippen LogP contribution >= 0.6 is 0 Å². The number of hydrogen-bond donors (Lipinski definition) is 4. The van der Waals surface area contributed by atoms with Gasteiger partial charge >= 0.3 is 0 Å². The van der Waals surface area contributed by atoms with Crippen molar-refractivity contribution in [3.8, 4) is 0 Å². The van der Waals surface area contributed by atoms with E-state index in [1.165, 1.54) is 0 Å². The summed E-state index contributed by atoms with van der Waals surface area (Å²) >= 11 is 0. The minimum Gasteiger partial charge on any atom is -0.399 e. The van der Waals surface area contributed by atoms with E-state index in [9.17, 15) is 4.79 Å². The number of nitrogens with two attached hydrogens (primary N) is 1. The number of amides is 1. The number of rotatable bonds is 5. The second kappa shape index (κ2) is 5.75. The molecule has 1 heterocycles. The number of aromatic amines is 1. The van der Waals surface area contributed by atoms with Crippen molar-refractivity contribution in [1.29, 1.82) is 0 Å². The molecule has 1 atom stereocenters. The van der Waals surface area contributed by atoms with E-state index in [2.05, 4.69) is 10.3 Å². The Labute approximate surface area is 111 Å². The van der Waals surface area contributed by atoms with Gasteiger partial charge in [0, 0.05) is 29.7 Å². The lowest BCUT2D eigenvalue weighted by Crippen LogP contribution is -2.28. The van der Waals surface area contributed by atoms with Gasteiger partial charge in [0.25, 0.3) is 5.91 Å². The van der Waals surface area contributed by atoms with Crippen LogP contribution in [0.5, 0.6) is 0 Å². The smallest absolute Gasteiger partial charge is 0.267 e. The van der Waals surface area contributed by atoms with Crippen LogP contribution in [0.15, 0.2) is 24.3 Å². The van der Waals surface area contributed by atoms with Crippen LogP contribution in [0, 0.1) is 5.92 Å². The quantitative estimate of drug-likeness (QED) is 0.615. The maximum absolute atomic E-state index is 12.0. The average Bonchev–Trinajstić information content (AvgIpc) is 2.79. The minimum absolute atomic E-state index is 0.139. The zero-order valence-corrected chi connectivity index (χ0v) is 10.9. The monoisotopic (exact) mass is 261 g/mol. The first-order chi connectivity index (χ1) is 9.10. The lowest BCUT2D eigenvalue weighted by atomic mass is 10.1. The SMILES string of the molecule is CC(CCO)CNC(=O)c1cc2cc(N)ccc2[nH]1.